The van der Waals surface area contributed by atoms with E-state index in [9.17, 15) is 0 Å². The average molecular weight is 174 g/mol. The molecule has 0 atom stereocenters. The number of rotatable bonds is 3. The molecule has 0 bridgehead atoms. The lowest BCUT2D eigenvalue weighted by molar-refractivity contribution is 0.205. The Morgan fingerprint density at radius 2 is 1.73 bits per heavy atom. The average Bonchev–Trinajstić information content (AvgIpc) is 2.07. The van der Waals surface area contributed by atoms with E-state index in [4.69, 9.17) is 0 Å². The summed E-state index contributed by atoms with van der Waals surface area (Å²) in [6, 6.07) is 0. The Hall–Kier alpha value is 0.270. The lowest BCUT2D eigenvalue weighted by atomic mass is 10.4. The predicted octanol–water partition coefficient (Wildman–Crippen LogP) is 1.29. The fourth-order valence-corrected chi connectivity index (χ4v) is 2.14. The van der Waals surface area contributed by atoms with E-state index in [1.54, 1.807) is 0 Å². The summed E-state index contributed by atoms with van der Waals surface area (Å²) in [7, 11) is 0. The van der Waals surface area contributed by atoms with Crippen LogP contribution < -0.4 is 0 Å². The van der Waals surface area contributed by atoms with Crippen LogP contribution in [0.2, 0.25) is 0 Å². The number of piperazine rings is 1. The largest absolute Gasteiger partial charge is 0.301 e. The highest BCUT2D eigenvalue weighted by Crippen LogP contribution is 2.12. The molecule has 0 radical (unpaired) electrons. The number of hydrogen-bond acceptors (Lipinski definition) is 3. The van der Waals surface area contributed by atoms with E-state index in [1.165, 1.54) is 38.5 Å². The molecule has 1 heterocycles. The smallest absolute Gasteiger partial charge is 0.0218 e. The Bertz CT molecular complexity index is 100. The lowest BCUT2D eigenvalue weighted by Gasteiger charge is -2.32. The van der Waals surface area contributed by atoms with Gasteiger partial charge in [-0.05, 0) is 6.54 Å². The van der Waals surface area contributed by atoms with Crippen LogP contribution >= 0.6 is 11.9 Å². The summed E-state index contributed by atoms with van der Waals surface area (Å²) in [5, 5.41) is 0. The second-order valence-electron chi connectivity index (χ2n) is 2.78. The van der Waals surface area contributed by atoms with Gasteiger partial charge in [0.1, 0.15) is 0 Å². The van der Waals surface area contributed by atoms with E-state index in [1.807, 2.05) is 11.9 Å². The Balaban J connectivity index is 2.14. The third-order valence-electron chi connectivity index (χ3n) is 2.09. The summed E-state index contributed by atoms with van der Waals surface area (Å²) in [5.41, 5.74) is 0. The van der Waals surface area contributed by atoms with Gasteiger partial charge in [0.25, 0.3) is 0 Å². The third kappa shape index (κ3) is 3.01. The van der Waals surface area contributed by atoms with Crippen LogP contribution in [0, 0.1) is 0 Å². The fourth-order valence-electron chi connectivity index (χ4n) is 1.36. The molecule has 1 aliphatic rings. The number of nitrogens with zero attached hydrogens (tertiary/aromatic N) is 2. The third-order valence-corrected chi connectivity index (χ3v) is 3.08. The quantitative estimate of drug-likeness (QED) is 0.595. The van der Waals surface area contributed by atoms with Crippen LogP contribution in [0.4, 0.5) is 0 Å². The van der Waals surface area contributed by atoms with Gasteiger partial charge in [-0.3, -0.25) is 0 Å². The van der Waals surface area contributed by atoms with Crippen LogP contribution in [-0.2, 0) is 0 Å². The number of hydrogen-bond donors (Lipinski definition) is 0. The van der Waals surface area contributed by atoms with Crippen molar-refractivity contribution in [1.29, 1.82) is 0 Å². The second kappa shape index (κ2) is 5.01. The first-order valence-electron chi connectivity index (χ1n) is 4.47. The van der Waals surface area contributed by atoms with Crippen molar-refractivity contribution in [2.45, 2.75) is 13.8 Å². The molecule has 1 rings (SSSR count). The van der Waals surface area contributed by atoms with Gasteiger partial charge in [0.2, 0.25) is 0 Å². The van der Waals surface area contributed by atoms with Gasteiger partial charge in [-0.2, -0.15) is 0 Å². The molecule has 0 aliphatic carbocycles. The first-order chi connectivity index (χ1) is 5.36. The fraction of sp³-hybridized carbons (Fsp3) is 1.00. The minimum atomic E-state index is 1.21. The zero-order valence-corrected chi connectivity index (χ0v) is 8.36. The van der Waals surface area contributed by atoms with Crippen LogP contribution in [0.3, 0.4) is 0 Å². The van der Waals surface area contributed by atoms with Crippen LogP contribution in [0.25, 0.3) is 0 Å². The monoisotopic (exact) mass is 174 g/mol. The van der Waals surface area contributed by atoms with Crippen LogP contribution in [0.1, 0.15) is 13.8 Å². The molecule has 0 N–H and O–H groups in total. The molecule has 0 unspecified atom stereocenters. The molecular weight excluding hydrogens is 156 g/mol. The highest BCUT2D eigenvalue weighted by Gasteiger charge is 2.14. The van der Waals surface area contributed by atoms with Gasteiger partial charge in [0.05, 0.1) is 0 Å². The van der Waals surface area contributed by atoms with Gasteiger partial charge in [0.15, 0.2) is 0 Å². The predicted molar refractivity (Wildman–Crippen MR) is 51.8 cm³/mol. The zero-order chi connectivity index (χ0) is 8.10. The molecule has 3 heteroatoms. The van der Waals surface area contributed by atoms with Gasteiger partial charge >= 0.3 is 0 Å². The van der Waals surface area contributed by atoms with E-state index in [0.29, 0.717) is 0 Å². The van der Waals surface area contributed by atoms with E-state index < -0.39 is 0 Å². The van der Waals surface area contributed by atoms with Crippen molar-refractivity contribution < 1.29 is 0 Å². The minimum absolute atomic E-state index is 1.21. The standard InChI is InChI=1S/C8H18N2S/c1-3-9-5-7-10(8-6-9)11-4-2/h3-8H2,1-2H3. The normalized spacial score (nSPS) is 22.4. The highest BCUT2D eigenvalue weighted by molar-refractivity contribution is 7.96. The second-order valence-corrected chi connectivity index (χ2v) is 4.13. The van der Waals surface area contributed by atoms with E-state index >= 15 is 0 Å². The Kier molecular flexibility index (Phi) is 4.26. The Morgan fingerprint density at radius 1 is 1.09 bits per heavy atom. The van der Waals surface area contributed by atoms with Gasteiger partial charge in [-0.15, -0.1) is 0 Å². The van der Waals surface area contributed by atoms with Crippen LogP contribution in [0.15, 0.2) is 0 Å². The van der Waals surface area contributed by atoms with Crippen LogP contribution in [0.5, 0.6) is 0 Å². The van der Waals surface area contributed by atoms with Crippen molar-refractivity contribution >= 4 is 11.9 Å². The lowest BCUT2D eigenvalue weighted by Crippen LogP contribution is -2.43. The van der Waals surface area contributed by atoms with Gasteiger partial charge in [-0.1, -0.05) is 25.8 Å². The van der Waals surface area contributed by atoms with Gasteiger partial charge in [-0.25, -0.2) is 4.31 Å². The molecule has 1 fully saturated rings. The van der Waals surface area contributed by atoms with E-state index in [2.05, 4.69) is 23.1 Å². The molecule has 0 spiro atoms. The molecule has 0 saturated carbocycles. The molecule has 0 aromatic rings. The maximum atomic E-state index is 2.51. The summed E-state index contributed by atoms with van der Waals surface area (Å²) in [6.07, 6.45) is 0. The highest BCUT2D eigenvalue weighted by atomic mass is 32.2. The first-order valence-corrected chi connectivity index (χ1v) is 5.41. The van der Waals surface area contributed by atoms with Crippen molar-refractivity contribution in [3.05, 3.63) is 0 Å². The number of likely N-dealkylation sites (N-methyl/N-ethyl adjacent to an activating group) is 1. The SMILES string of the molecule is CCSN1CCN(CC)CC1. The van der Waals surface area contributed by atoms with E-state index in [-0.39, 0.29) is 0 Å². The molecule has 11 heavy (non-hydrogen) atoms. The molecule has 0 amide bonds. The zero-order valence-electron chi connectivity index (χ0n) is 7.55. The Morgan fingerprint density at radius 3 is 2.18 bits per heavy atom. The summed E-state index contributed by atoms with van der Waals surface area (Å²) in [4.78, 5) is 2.51. The molecule has 1 aliphatic heterocycles. The van der Waals surface area contributed by atoms with Gasteiger partial charge in [0, 0.05) is 31.9 Å². The maximum Gasteiger partial charge on any atom is 0.0218 e. The van der Waals surface area contributed by atoms with Crippen LogP contribution in [-0.4, -0.2) is 47.7 Å². The van der Waals surface area contributed by atoms with Gasteiger partial charge < -0.3 is 4.90 Å². The molecule has 0 aromatic carbocycles. The summed E-state index contributed by atoms with van der Waals surface area (Å²) in [5.74, 6) is 1.21. The molecule has 1 saturated heterocycles. The summed E-state index contributed by atoms with van der Waals surface area (Å²) in [6.45, 7) is 10.7. The first kappa shape index (κ1) is 9.36. The minimum Gasteiger partial charge on any atom is -0.301 e. The Labute approximate surface area is 74.1 Å². The summed E-state index contributed by atoms with van der Waals surface area (Å²) >= 11 is 1.97. The van der Waals surface area contributed by atoms with Crippen molar-refractivity contribution in [2.24, 2.45) is 0 Å². The summed E-state index contributed by atoms with van der Waals surface area (Å²) < 4.78 is 2.48. The molecule has 0 aromatic heterocycles. The topological polar surface area (TPSA) is 6.48 Å². The van der Waals surface area contributed by atoms with Crippen molar-refractivity contribution in [3.8, 4) is 0 Å². The van der Waals surface area contributed by atoms with Crippen molar-refractivity contribution in [2.75, 3.05) is 38.5 Å². The van der Waals surface area contributed by atoms with Crippen molar-refractivity contribution in [1.82, 2.24) is 9.21 Å². The molecule has 2 nitrogen and oxygen atoms in total. The molecular formula is C8H18N2S. The van der Waals surface area contributed by atoms with E-state index in [0.717, 1.165) is 0 Å². The molecule has 66 valence electrons. The van der Waals surface area contributed by atoms with Crippen molar-refractivity contribution in [3.63, 3.8) is 0 Å². The maximum absolute atomic E-state index is 2.51.